The average molecular weight is 325 g/mol. The number of guanidine groups is 1. The van der Waals surface area contributed by atoms with Gasteiger partial charge in [0.2, 0.25) is 0 Å². The third kappa shape index (κ3) is 5.64. The standard InChI is InChI=1S/C18H36N4O/c1-19-17(20-14-16-8-12-23-13-9-16)21-15-18(22(2)3)10-6-4-5-7-11-18/h16H,4-15H2,1-3H3,(H2,19,20,21). The minimum absolute atomic E-state index is 0.271. The van der Waals surface area contributed by atoms with Crippen molar-refractivity contribution in [3.8, 4) is 0 Å². The van der Waals surface area contributed by atoms with Crippen molar-refractivity contribution in [3.63, 3.8) is 0 Å². The number of rotatable bonds is 5. The highest BCUT2D eigenvalue weighted by Gasteiger charge is 2.33. The molecule has 0 radical (unpaired) electrons. The Labute approximate surface area is 142 Å². The van der Waals surface area contributed by atoms with Gasteiger partial charge in [0.15, 0.2) is 5.96 Å². The van der Waals surface area contributed by atoms with Crippen molar-refractivity contribution in [2.45, 2.75) is 56.9 Å². The van der Waals surface area contributed by atoms with E-state index in [0.717, 1.165) is 45.1 Å². The third-order valence-electron chi connectivity index (χ3n) is 5.69. The lowest BCUT2D eigenvalue weighted by molar-refractivity contribution is 0.0675. The Morgan fingerprint density at radius 1 is 1.09 bits per heavy atom. The van der Waals surface area contributed by atoms with Crippen molar-refractivity contribution >= 4 is 5.96 Å². The van der Waals surface area contributed by atoms with Crippen LogP contribution in [0.3, 0.4) is 0 Å². The van der Waals surface area contributed by atoms with Gasteiger partial charge < -0.3 is 20.3 Å². The molecule has 0 bridgehead atoms. The normalized spacial score (nSPS) is 23.6. The quantitative estimate of drug-likeness (QED) is 0.463. The molecular formula is C18H36N4O. The maximum Gasteiger partial charge on any atom is 0.191 e. The van der Waals surface area contributed by atoms with Crippen LogP contribution in [0.4, 0.5) is 0 Å². The SMILES string of the molecule is CN=C(NCC1CCOCC1)NCC1(N(C)C)CCCCCC1. The summed E-state index contributed by atoms with van der Waals surface area (Å²) in [6.45, 7) is 3.79. The number of aliphatic imine (C=N–C) groups is 1. The van der Waals surface area contributed by atoms with E-state index in [1.807, 2.05) is 7.05 Å². The first-order chi connectivity index (χ1) is 11.2. The lowest BCUT2D eigenvalue weighted by Gasteiger charge is -2.40. The maximum atomic E-state index is 5.43. The predicted molar refractivity (Wildman–Crippen MR) is 97.0 cm³/mol. The van der Waals surface area contributed by atoms with Crippen LogP contribution in [0.15, 0.2) is 4.99 Å². The maximum absolute atomic E-state index is 5.43. The van der Waals surface area contributed by atoms with Crippen LogP contribution in [0.1, 0.15) is 51.4 Å². The van der Waals surface area contributed by atoms with E-state index < -0.39 is 0 Å². The first kappa shape index (κ1) is 18.5. The number of hydrogen-bond donors (Lipinski definition) is 2. The Morgan fingerprint density at radius 3 is 2.30 bits per heavy atom. The summed E-state index contributed by atoms with van der Waals surface area (Å²) in [5, 5.41) is 7.11. The lowest BCUT2D eigenvalue weighted by atomic mass is 9.88. The summed E-state index contributed by atoms with van der Waals surface area (Å²) in [7, 11) is 6.32. The van der Waals surface area contributed by atoms with Gasteiger partial charge in [-0.1, -0.05) is 25.7 Å². The Hall–Kier alpha value is -0.810. The summed E-state index contributed by atoms with van der Waals surface area (Å²) in [5.41, 5.74) is 0.271. The summed E-state index contributed by atoms with van der Waals surface area (Å²) < 4.78 is 5.43. The van der Waals surface area contributed by atoms with Gasteiger partial charge in [0.1, 0.15) is 0 Å². The average Bonchev–Trinajstić information content (AvgIpc) is 2.82. The molecule has 2 rings (SSSR count). The van der Waals surface area contributed by atoms with Gasteiger partial charge in [0, 0.05) is 38.9 Å². The Balaban J connectivity index is 1.82. The molecule has 1 aliphatic carbocycles. The second-order valence-electron chi connectivity index (χ2n) is 7.40. The van der Waals surface area contributed by atoms with Crippen molar-refractivity contribution in [1.82, 2.24) is 15.5 Å². The van der Waals surface area contributed by atoms with Gasteiger partial charge in [-0.05, 0) is 45.7 Å². The number of likely N-dealkylation sites (N-methyl/N-ethyl adjacent to an activating group) is 1. The van der Waals surface area contributed by atoms with E-state index in [9.17, 15) is 0 Å². The molecule has 134 valence electrons. The largest absolute Gasteiger partial charge is 0.381 e. The van der Waals surface area contributed by atoms with Crippen molar-refractivity contribution in [2.75, 3.05) is 47.4 Å². The molecule has 2 N–H and O–H groups in total. The number of nitrogens with one attached hydrogen (secondary N) is 2. The molecule has 0 aromatic carbocycles. The van der Waals surface area contributed by atoms with Crippen molar-refractivity contribution in [3.05, 3.63) is 0 Å². The molecule has 23 heavy (non-hydrogen) atoms. The van der Waals surface area contributed by atoms with Gasteiger partial charge in [-0.25, -0.2) is 0 Å². The van der Waals surface area contributed by atoms with E-state index >= 15 is 0 Å². The summed E-state index contributed by atoms with van der Waals surface area (Å²) in [6, 6.07) is 0. The van der Waals surface area contributed by atoms with Crippen LogP contribution in [-0.2, 0) is 4.74 Å². The zero-order chi connectivity index (χ0) is 16.5. The van der Waals surface area contributed by atoms with Crippen LogP contribution in [0.2, 0.25) is 0 Å². The minimum Gasteiger partial charge on any atom is -0.381 e. The van der Waals surface area contributed by atoms with E-state index in [2.05, 4.69) is 34.6 Å². The van der Waals surface area contributed by atoms with E-state index in [0.29, 0.717) is 5.92 Å². The first-order valence-corrected chi connectivity index (χ1v) is 9.36. The molecular weight excluding hydrogens is 288 g/mol. The highest BCUT2D eigenvalue weighted by atomic mass is 16.5. The van der Waals surface area contributed by atoms with E-state index in [4.69, 9.17) is 4.74 Å². The van der Waals surface area contributed by atoms with Gasteiger partial charge in [0.05, 0.1) is 0 Å². The second-order valence-corrected chi connectivity index (χ2v) is 7.40. The summed E-state index contributed by atoms with van der Waals surface area (Å²) in [4.78, 5) is 6.84. The van der Waals surface area contributed by atoms with Crippen LogP contribution in [0.5, 0.6) is 0 Å². The summed E-state index contributed by atoms with van der Waals surface area (Å²) in [5.74, 6) is 1.66. The lowest BCUT2D eigenvalue weighted by Crippen LogP contribution is -2.54. The molecule has 1 saturated carbocycles. The van der Waals surface area contributed by atoms with Gasteiger partial charge in [0.25, 0.3) is 0 Å². The van der Waals surface area contributed by atoms with Crippen molar-refractivity contribution < 1.29 is 4.74 Å². The van der Waals surface area contributed by atoms with Crippen LogP contribution < -0.4 is 10.6 Å². The smallest absolute Gasteiger partial charge is 0.191 e. The zero-order valence-electron chi connectivity index (χ0n) is 15.4. The van der Waals surface area contributed by atoms with Crippen LogP contribution in [0, 0.1) is 5.92 Å². The molecule has 5 nitrogen and oxygen atoms in total. The van der Waals surface area contributed by atoms with E-state index in [-0.39, 0.29) is 5.54 Å². The van der Waals surface area contributed by atoms with Crippen LogP contribution in [-0.4, -0.2) is 63.8 Å². The molecule has 1 saturated heterocycles. The number of nitrogens with zero attached hydrogens (tertiary/aromatic N) is 2. The summed E-state index contributed by atoms with van der Waals surface area (Å²) in [6.07, 6.45) is 10.3. The van der Waals surface area contributed by atoms with Gasteiger partial charge in [-0.2, -0.15) is 0 Å². The Bertz CT molecular complexity index is 356. The van der Waals surface area contributed by atoms with Gasteiger partial charge in [-0.15, -0.1) is 0 Å². The number of ether oxygens (including phenoxy) is 1. The van der Waals surface area contributed by atoms with Gasteiger partial charge in [-0.3, -0.25) is 4.99 Å². The third-order valence-corrected chi connectivity index (χ3v) is 5.69. The molecule has 0 spiro atoms. The molecule has 0 aromatic rings. The molecule has 0 unspecified atom stereocenters. The fraction of sp³-hybridized carbons (Fsp3) is 0.944. The monoisotopic (exact) mass is 324 g/mol. The highest BCUT2D eigenvalue weighted by Crippen LogP contribution is 2.30. The van der Waals surface area contributed by atoms with Crippen LogP contribution >= 0.6 is 0 Å². The molecule has 1 heterocycles. The molecule has 2 fully saturated rings. The van der Waals surface area contributed by atoms with E-state index in [1.165, 1.54) is 38.5 Å². The Kier molecular flexibility index (Phi) is 7.63. The molecule has 5 heteroatoms. The van der Waals surface area contributed by atoms with Gasteiger partial charge >= 0.3 is 0 Å². The van der Waals surface area contributed by atoms with E-state index in [1.54, 1.807) is 0 Å². The first-order valence-electron chi connectivity index (χ1n) is 9.36. The predicted octanol–water partition coefficient (Wildman–Crippen LogP) is 2.23. The zero-order valence-corrected chi connectivity index (χ0v) is 15.4. The van der Waals surface area contributed by atoms with Crippen molar-refractivity contribution in [1.29, 1.82) is 0 Å². The summed E-state index contributed by atoms with van der Waals surface area (Å²) >= 11 is 0. The van der Waals surface area contributed by atoms with Crippen LogP contribution in [0.25, 0.3) is 0 Å². The molecule has 1 aliphatic heterocycles. The minimum atomic E-state index is 0.271. The molecule has 0 amide bonds. The highest BCUT2D eigenvalue weighted by molar-refractivity contribution is 5.79. The molecule has 0 atom stereocenters. The second kappa shape index (κ2) is 9.48. The fourth-order valence-electron chi connectivity index (χ4n) is 3.83. The molecule has 2 aliphatic rings. The number of hydrogen-bond acceptors (Lipinski definition) is 3. The topological polar surface area (TPSA) is 48.9 Å². The molecule has 0 aromatic heterocycles. The Morgan fingerprint density at radius 2 is 1.74 bits per heavy atom. The van der Waals surface area contributed by atoms with Crippen molar-refractivity contribution in [2.24, 2.45) is 10.9 Å². The fourth-order valence-corrected chi connectivity index (χ4v) is 3.83.